The minimum Gasteiger partial charge on any atom is -0.376 e. The van der Waals surface area contributed by atoms with Crippen LogP contribution in [0.3, 0.4) is 0 Å². The maximum Gasteiger partial charge on any atom is 0.141 e. The molecule has 0 aliphatic heterocycles. The first kappa shape index (κ1) is 23.3. The van der Waals surface area contributed by atoms with Crippen LogP contribution in [0, 0.1) is 23.7 Å². The van der Waals surface area contributed by atoms with Gasteiger partial charge < -0.3 is 10.4 Å². The standard InChI is InChI=1S/C25H37NO/c1-3-5-7-8-9-10-14-19-24(26-22-6-4-2)20-15-16-21-25(27)23-17-12-11-13-18-23/h11-13,17-18,24-27H,3-10,14,19,22H2,1-2H3/t24-,25-/m1/s1. The van der Waals surface area contributed by atoms with Crippen LogP contribution in [0.15, 0.2) is 30.3 Å². The Balaban J connectivity index is 2.43. The molecule has 0 amide bonds. The van der Waals surface area contributed by atoms with Crippen molar-refractivity contribution in [2.24, 2.45) is 0 Å². The highest BCUT2D eigenvalue weighted by Crippen LogP contribution is 2.11. The van der Waals surface area contributed by atoms with Gasteiger partial charge in [-0.1, -0.05) is 107 Å². The van der Waals surface area contributed by atoms with E-state index in [1.807, 2.05) is 30.3 Å². The summed E-state index contributed by atoms with van der Waals surface area (Å²) in [6.45, 7) is 5.47. The maximum absolute atomic E-state index is 10.1. The van der Waals surface area contributed by atoms with Crippen LogP contribution in [0.1, 0.15) is 89.7 Å². The molecule has 0 bridgehead atoms. The number of hydrogen-bond acceptors (Lipinski definition) is 2. The van der Waals surface area contributed by atoms with Gasteiger partial charge in [-0.25, -0.2) is 0 Å². The van der Waals surface area contributed by atoms with Crippen molar-refractivity contribution in [2.75, 3.05) is 6.54 Å². The molecule has 0 saturated carbocycles. The Hall–Kier alpha value is -1.74. The van der Waals surface area contributed by atoms with E-state index in [0.717, 1.165) is 18.5 Å². The van der Waals surface area contributed by atoms with E-state index in [1.165, 1.54) is 57.8 Å². The Morgan fingerprint density at radius 2 is 1.44 bits per heavy atom. The van der Waals surface area contributed by atoms with Crippen LogP contribution in [0.2, 0.25) is 0 Å². The van der Waals surface area contributed by atoms with Crippen LogP contribution in [0.25, 0.3) is 0 Å². The normalized spacial score (nSPS) is 12.4. The van der Waals surface area contributed by atoms with Gasteiger partial charge in [0.15, 0.2) is 0 Å². The van der Waals surface area contributed by atoms with Crippen LogP contribution in [-0.2, 0) is 0 Å². The highest BCUT2D eigenvalue weighted by molar-refractivity contribution is 5.32. The fourth-order valence-electron chi connectivity index (χ4n) is 2.93. The lowest BCUT2D eigenvalue weighted by Crippen LogP contribution is -2.28. The van der Waals surface area contributed by atoms with Crippen molar-refractivity contribution in [2.45, 2.75) is 90.2 Å². The van der Waals surface area contributed by atoms with Crippen molar-refractivity contribution in [1.29, 1.82) is 0 Å². The summed E-state index contributed by atoms with van der Waals surface area (Å²) in [7, 11) is 0. The van der Waals surface area contributed by atoms with Gasteiger partial charge in [-0.3, -0.25) is 0 Å². The number of aliphatic hydroxyl groups excluding tert-OH is 1. The summed E-state index contributed by atoms with van der Waals surface area (Å²) in [5.74, 6) is 11.8. The summed E-state index contributed by atoms with van der Waals surface area (Å²) < 4.78 is 0. The smallest absolute Gasteiger partial charge is 0.141 e. The molecular formula is C25H37NO. The molecule has 0 aliphatic rings. The van der Waals surface area contributed by atoms with Crippen LogP contribution in [0.5, 0.6) is 0 Å². The second-order valence-corrected chi connectivity index (χ2v) is 7.12. The van der Waals surface area contributed by atoms with Gasteiger partial charge >= 0.3 is 0 Å². The van der Waals surface area contributed by atoms with Gasteiger partial charge in [-0.05, 0) is 36.8 Å². The molecule has 1 aromatic rings. The fourth-order valence-corrected chi connectivity index (χ4v) is 2.93. The Labute approximate surface area is 167 Å². The van der Waals surface area contributed by atoms with Crippen LogP contribution < -0.4 is 5.32 Å². The number of benzene rings is 1. The molecule has 0 saturated heterocycles. The van der Waals surface area contributed by atoms with E-state index >= 15 is 0 Å². The third-order valence-corrected chi connectivity index (χ3v) is 4.65. The van der Waals surface area contributed by atoms with Gasteiger partial charge in [-0.2, -0.15) is 0 Å². The molecule has 0 spiro atoms. The number of hydrogen-bond donors (Lipinski definition) is 2. The van der Waals surface area contributed by atoms with E-state index in [9.17, 15) is 5.11 Å². The zero-order valence-electron chi connectivity index (χ0n) is 17.3. The molecule has 2 heteroatoms. The molecule has 1 aromatic carbocycles. The van der Waals surface area contributed by atoms with Gasteiger partial charge in [0.1, 0.15) is 6.10 Å². The molecule has 2 N–H and O–H groups in total. The third kappa shape index (κ3) is 12.3. The van der Waals surface area contributed by atoms with Crippen molar-refractivity contribution < 1.29 is 5.11 Å². The molecule has 0 heterocycles. The summed E-state index contributed by atoms with van der Waals surface area (Å²) in [6.07, 6.45) is 11.9. The lowest BCUT2D eigenvalue weighted by atomic mass is 10.0. The Kier molecular flexibility index (Phi) is 14.2. The molecule has 0 fully saturated rings. The first-order valence-electron chi connectivity index (χ1n) is 10.7. The maximum atomic E-state index is 10.1. The van der Waals surface area contributed by atoms with E-state index in [0.29, 0.717) is 0 Å². The van der Waals surface area contributed by atoms with Crippen LogP contribution >= 0.6 is 0 Å². The minimum absolute atomic E-state index is 0.204. The first-order valence-corrected chi connectivity index (χ1v) is 10.7. The van der Waals surface area contributed by atoms with Gasteiger partial charge in [0.25, 0.3) is 0 Å². The van der Waals surface area contributed by atoms with Crippen molar-refractivity contribution in [3.8, 4) is 23.7 Å². The number of unbranched alkanes of at least 4 members (excludes halogenated alkanes) is 7. The number of aliphatic hydroxyl groups is 1. The lowest BCUT2D eigenvalue weighted by molar-refractivity contribution is 0.238. The quantitative estimate of drug-likeness (QED) is 0.350. The van der Waals surface area contributed by atoms with E-state index in [-0.39, 0.29) is 6.04 Å². The molecule has 0 aliphatic carbocycles. The molecular weight excluding hydrogens is 330 g/mol. The molecule has 148 valence electrons. The van der Waals surface area contributed by atoms with E-state index in [2.05, 4.69) is 42.8 Å². The average molecular weight is 368 g/mol. The highest BCUT2D eigenvalue weighted by Gasteiger charge is 2.04. The molecule has 0 unspecified atom stereocenters. The predicted octanol–water partition coefficient (Wildman–Crippen LogP) is 5.63. The summed E-state index contributed by atoms with van der Waals surface area (Å²) in [5.41, 5.74) is 0.812. The monoisotopic (exact) mass is 367 g/mol. The topological polar surface area (TPSA) is 32.3 Å². The third-order valence-electron chi connectivity index (χ3n) is 4.65. The van der Waals surface area contributed by atoms with Gasteiger partial charge in [0, 0.05) is 0 Å². The van der Waals surface area contributed by atoms with Crippen LogP contribution in [0.4, 0.5) is 0 Å². The largest absolute Gasteiger partial charge is 0.376 e. The number of nitrogens with one attached hydrogen (secondary N) is 1. The zero-order valence-corrected chi connectivity index (χ0v) is 17.3. The predicted molar refractivity (Wildman–Crippen MR) is 116 cm³/mol. The van der Waals surface area contributed by atoms with Gasteiger partial charge in [0.05, 0.1) is 6.04 Å². The second kappa shape index (κ2) is 16.4. The van der Waals surface area contributed by atoms with Crippen molar-refractivity contribution in [1.82, 2.24) is 5.32 Å². The highest BCUT2D eigenvalue weighted by atomic mass is 16.3. The van der Waals surface area contributed by atoms with Gasteiger partial charge in [-0.15, -0.1) is 0 Å². The summed E-state index contributed by atoms with van der Waals surface area (Å²) in [4.78, 5) is 0. The molecule has 2 nitrogen and oxygen atoms in total. The van der Waals surface area contributed by atoms with Crippen molar-refractivity contribution >= 4 is 0 Å². The average Bonchev–Trinajstić information content (AvgIpc) is 2.70. The number of rotatable bonds is 13. The molecule has 27 heavy (non-hydrogen) atoms. The Morgan fingerprint density at radius 3 is 2.15 bits per heavy atom. The van der Waals surface area contributed by atoms with Crippen molar-refractivity contribution in [3.05, 3.63) is 35.9 Å². The second-order valence-electron chi connectivity index (χ2n) is 7.12. The first-order chi connectivity index (χ1) is 13.3. The molecule has 0 radical (unpaired) electrons. The fraction of sp³-hybridized carbons (Fsp3) is 0.600. The van der Waals surface area contributed by atoms with E-state index in [4.69, 9.17) is 0 Å². The molecule has 2 atom stereocenters. The minimum atomic E-state index is -0.768. The van der Waals surface area contributed by atoms with Crippen LogP contribution in [-0.4, -0.2) is 17.7 Å². The SMILES string of the molecule is CCCCCCCCC[C@H](C#CC#C[C@@H](O)c1ccccc1)NCCCC. The van der Waals surface area contributed by atoms with Crippen molar-refractivity contribution in [3.63, 3.8) is 0 Å². The van der Waals surface area contributed by atoms with E-state index in [1.54, 1.807) is 0 Å². The summed E-state index contributed by atoms with van der Waals surface area (Å²) in [5, 5.41) is 13.6. The lowest BCUT2D eigenvalue weighted by Gasteiger charge is -2.12. The summed E-state index contributed by atoms with van der Waals surface area (Å²) >= 11 is 0. The molecule has 0 aromatic heterocycles. The Bertz CT molecular complexity index is 587. The summed E-state index contributed by atoms with van der Waals surface area (Å²) in [6, 6.07) is 9.70. The Morgan fingerprint density at radius 1 is 0.815 bits per heavy atom. The zero-order chi connectivity index (χ0) is 19.6. The van der Waals surface area contributed by atoms with Gasteiger partial charge in [0.2, 0.25) is 0 Å². The van der Waals surface area contributed by atoms with E-state index < -0.39 is 6.10 Å². The molecule has 1 rings (SSSR count).